The molecule has 5 heteroatoms. The third-order valence-corrected chi connectivity index (χ3v) is 7.08. The Morgan fingerprint density at radius 3 is 2.88 bits per heavy atom. The molecule has 25 heavy (non-hydrogen) atoms. The van der Waals surface area contributed by atoms with E-state index in [0.717, 1.165) is 24.4 Å². The van der Waals surface area contributed by atoms with E-state index in [0.29, 0.717) is 18.0 Å². The van der Waals surface area contributed by atoms with Crippen molar-refractivity contribution in [1.82, 2.24) is 4.90 Å². The summed E-state index contributed by atoms with van der Waals surface area (Å²) in [4.78, 5) is 18.7. The molecular formula is C20H22N2O2S. The van der Waals surface area contributed by atoms with Crippen LogP contribution in [0, 0.1) is 5.92 Å². The van der Waals surface area contributed by atoms with Crippen molar-refractivity contribution >= 4 is 28.9 Å². The number of hydrogen-bond acceptors (Lipinski definition) is 4. The number of allylic oxidation sites excluding steroid dienone is 1. The van der Waals surface area contributed by atoms with Crippen molar-refractivity contribution in [1.29, 1.82) is 0 Å². The maximum atomic E-state index is 12.8. The van der Waals surface area contributed by atoms with Gasteiger partial charge in [0.2, 0.25) is 0 Å². The number of piperidine rings is 3. The molecule has 1 aromatic rings. The highest BCUT2D eigenvalue weighted by atomic mass is 32.1. The molecule has 0 amide bonds. The van der Waals surface area contributed by atoms with Gasteiger partial charge in [-0.05, 0) is 30.5 Å². The number of carbonyl (C=O) groups is 1. The van der Waals surface area contributed by atoms with Crippen molar-refractivity contribution in [3.8, 4) is 0 Å². The fourth-order valence-corrected chi connectivity index (χ4v) is 6.08. The van der Waals surface area contributed by atoms with E-state index in [1.807, 2.05) is 0 Å². The molecule has 0 aliphatic carbocycles. The van der Waals surface area contributed by atoms with Gasteiger partial charge in [-0.2, -0.15) is 0 Å². The van der Waals surface area contributed by atoms with Gasteiger partial charge in [0, 0.05) is 30.5 Å². The number of ether oxygens (including phenoxy) is 1. The maximum absolute atomic E-state index is 12.8. The van der Waals surface area contributed by atoms with Gasteiger partial charge < -0.3 is 14.5 Å². The summed E-state index contributed by atoms with van der Waals surface area (Å²) in [5, 5.41) is 0. The maximum Gasteiger partial charge on any atom is 0.329 e. The third-order valence-electron chi connectivity index (χ3n) is 6.68. The van der Waals surface area contributed by atoms with Crippen molar-refractivity contribution in [2.45, 2.75) is 43.8 Å². The van der Waals surface area contributed by atoms with Gasteiger partial charge in [0.25, 0.3) is 0 Å². The van der Waals surface area contributed by atoms with E-state index in [-0.39, 0.29) is 17.9 Å². The number of esters is 1. The van der Waals surface area contributed by atoms with Gasteiger partial charge in [0.05, 0.1) is 24.2 Å². The SMILES string of the molecule is C/C=C1/CN2C(=S)C[C@@H]3c4ccccc4N4[C@@H]3[C@@H]2C[C@@H]1[C@H]4C(=O)OC. The van der Waals surface area contributed by atoms with Gasteiger partial charge in [-0.15, -0.1) is 0 Å². The lowest BCUT2D eigenvalue weighted by atomic mass is 9.69. The lowest BCUT2D eigenvalue weighted by molar-refractivity contribution is -0.144. The highest BCUT2D eigenvalue weighted by molar-refractivity contribution is 7.80. The minimum atomic E-state index is -0.225. The molecule has 3 saturated heterocycles. The molecule has 0 spiro atoms. The van der Waals surface area contributed by atoms with Crippen molar-refractivity contribution < 1.29 is 9.53 Å². The second kappa shape index (κ2) is 5.31. The van der Waals surface area contributed by atoms with Crippen molar-refractivity contribution in [2.24, 2.45) is 5.92 Å². The van der Waals surface area contributed by atoms with E-state index in [2.05, 4.69) is 47.1 Å². The molecule has 1 aromatic carbocycles. The molecule has 5 atom stereocenters. The first-order chi connectivity index (χ1) is 12.2. The summed E-state index contributed by atoms with van der Waals surface area (Å²) in [6, 6.07) is 9.04. The topological polar surface area (TPSA) is 32.8 Å². The van der Waals surface area contributed by atoms with Crippen LogP contribution in [-0.2, 0) is 9.53 Å². The van der Waals surface area contributed by atoms with E-state index in [9.17, 15) is 4.79 Å². The Morgan fingerprint density at radius 2 is 2.12 bits per heavy atom. The molecule has 0 radical (unpaired) electrons. The summed E-state index contributed by atoms with van der Waals surface area (Å²) in [5.41, 5.74) is 3.86. The van der Waals surface area contributed by atoms with Crippen LogP contribution in [0.15, 0.2) is 35.9 Å². The fraction of sp³-hybridized carbons (Fsp3) is 0.500. The third kappa shape index (κ3) is 1.87. The number of fused-ring (bicyclic) bond motifs is 4. The first-order valence-electron chi connectivity index (χ1n) is 9.05. The van der Waals surface area contributed by atoms with E-state index >= 15 is 0 Å². The summed E-state index contributed by atoms with van der Waals surface area (Å²) >= 11 is 5.80. The normalized spacial score (nSPS) is 36.5. The highest BCUT2D eigenvalue weighted by Crippen LogP contribution is 2.55. The molecule has 0 unspecified atom stereocenters. The Morgan fingerprint density at radius 1 is 1.32 bits per heavy atom. The minimum absolute atomic E-state index is 0.111. The summed E-state index contributed by atoms with van der Waals surface area (Å²) in [6.45, 7) is 2.94. The van der Waals surface area contributed by atoms with Crippen LogP contribution in [0.2, 0.25) is 0 Å². The molecule has 4 nitrogen and oxygen atoms in total. The van der Waals surface area contributed by atoms with Crippen LogP contribution in [-0.4, -0.2) is 47.6 Å². The number of carbonyl (C=O) groups excluding carboxylic acids is 1. The molecule has 5 rings (SSSR count). The smallest absolute Gasteiger partial charge is 0.329 e. The molecule has 130 valence electrons. The number of hydrogen-bond donors (Lipinski definition) is 0. The number of benzene rings is 1. The van der Waals surface area contributed by atoms with E-state index in [1.54, 1.807) is 0 Å². The quantitative estimate of drug-likeness (QED) is 0.440. The predicted octanol–water partition coefficient (Wildman–Crippen LogP) is 2.88. The zero-order chi connectivity index (χ0) is 17.3. The first kappa shape index (κ1) is 15.4. The second-order valence-corrected chi connectivity index (χ2v) is 8.00. The molecule has 0 saturated carbocycles. The highest BCUT2D eigenvalue weighted by Gasteiger charge is 2.60. The van der Waals surface area contributed by atoms with Crippen LogP contribution < -0.4 is 4.90 Å². The molecular weight excluding hydrogens is 332 g/mol. The van der Waals surface area contributed by atoms with Gasteiger partial charge in [0.1, 0.15) is 6.04 Å². The van der Waals surface area contributed by atoms with Gasteiger partial charge in [-0.25, -0.2) is 4.79 Å². The Kier molecular flexibility index (Phi) is 3.26. The van der Waals surface area contributed by atoms with E-state index in [4.69, 9.17) is 17.0 Å². The van der Waals surface area contributed by atoms with E-state index in [1.165, 1.54) is 23.9 Å². The average molecular weight is 354 g/mol. The van der Waals surface area contributed by atoms with Gasteiger partial charge >= 0.3 is 5.97 Å². The fourth-order valence-electron chi connectivity index (χ4n) is 5.70. The average Bonchev–Trinajstić information content (AvgIpc) is 2.96. The Labute approximate surface area is 153 Å². The Bertz CT molecular complexity index is 805. The number of rotatable bonds is 1. The van der Waals surface area contributed by atoms with Gasteiger partial charge in [-0.3, -0.25) is 0 Å². The van der Waals surface area contributed by atoms with Crippen molar-refractivity contribution in [3.63, 3.8) is 0 Å². The van der Waals surface area contributed by atoms with Crippen LogP contribution in [0.5, 0.6) is 0 Å². The van der Waals surface area contributed by atoms with Crippen LogP contribution in [0.25, 0.3) is 0 Å². The van der Waals surface area contributed by atoms with Crippen LogP contribution in [0.4, 0.5) is 5.69 Å². The lowest BCUT2D eigenvalue weighted by Crippen LogP contribution is -2.70. The summed E-state index contributed by atoms with van der Waals surface area (Å²) in [6.07, 6.45) is 4.07. The first-order valence-corrected chi connectivity index (χ1v) is 9.46. The zero-order valence-corrected chi connectivity index (χ0v) is 15.3. The number of anilines is 1. The predicted molar refractivity (Wildman–Crippen MR) is 101 cm³/mol. The molecule has 4 aliphatic heterocycles. The molecule has 4 heterocycles. The number of nitrogens with zero attached hydrogens (tertiary/aromatic N) is 2. The minimum Gasteiger partial charge on any atom is -0.467 e. The molecule has 2 bridgehead atoms. The van der Waals surface area contributed by atoms with Gasteiger partial charge in [-0.1, -0.05) is 36.5 Å². The second-order valence-electron chi connectivity index (χ2n) is 7.53. The lowest BCUT2D eigenvalue weighted by Gasteiger charge is -2.58. The van der Waals surface area contributed by atoms with Crippen LogP contribution in [0.1, 0.15) is 31.2 Å². The largest absolute Gasteiger partial charge is 0.467 e. The van der Waals surface area contributed by atoms with Gasteiger partial charge in [0.15, 0.2) is 0 Å². The van der Waals surface area contributed by atoms with E-state index < -0.39 is 0 Å². The monoisotopic (exact) mass is 354 g/mol. The molecule has 4 aliphatic rings. The summed E-state index contributed by atoms with van der Waals surface area (Å²) in [7, 11) is 1.51. The van der Waals surface area contributed by atoms with Crippen molar-refractivity contribution in [3.05, 3.63) is 41.5 Å². The molecule has 3 fully saturated rings. The summed E-state index contributed by atoms with van der Waals surface area (Å²) in [5.74, 6) is 0.493. The summed E-state index contributed by atoms with van der Waals surface area (Å²) < 4.78 is 5.25. The number of para-hydroxylation sites is 1. The molecule has 0 aromatic heterocycles. The number of methoxy groups -OCH3 is 1. The Balaban J connectivity index is 1.73. The molecule has 0 N–H and O–H groups in total. The Hall–Kier alpha value is -1.88. The van der Waals surface area contributed by atoms with Crippen LogP contribution in [0.3, 0.4) is 0 Å². The standard InChI is InChI=1S/C20H22N2O2S/c1-3-11-10-21-16-8-13(11)19(20(23)24-2)22-15-7-5-4-6-12(15)14(18(16)22)9-17(21)25/h3-7,13-14,16,18-19H,8-10H2,1-2H3/b11-3-/t13-,14+,16-,18-,19-/m0/s1. The number of thiocarbonyl (C=S) groups is 1. The van der Waals surface area contributed by atoms with Crippen LogP contribution >= 0.6 is 12.2 Å². The van der Waals surface area contributed by atoms with Crippen molar-refractivity contribution in [2.75, 3.05) is 18.6 Å². The zero-order valence-electron chi connectivity index (χ0n) is 14.5.